The lowest BCUT2D eigenvalue weighted by Gasteiger charge is -2.15. The molecule has 0 fully saturated rings. The second-order valence-corrected chi connectivity index (χ2v) is 5.91. The molecule has 0 spiro atoms. The van der Waals surface area contributed by atoms with Crippen LogP contribution in [-0.2, 0) is 0 Å². The minimum atomic E-state index is -1.08. The first-order chi connectivity index (χ1) is 12.4. The Labute approximate surface area is 157 Å². The molecule has 0 amide bonds. The number of hydrogen-bond donors (Lipinski definition) is 0. The fourth-order valence-corrected chi connectivity index (χ4v) is 2.98. The number of nitrogens with zero attached hydrogens (tertiary/aromatic N) is 2. The molecule has 3 aromatic rings. The molecule has 0 bridgehead atoms. The fraction of sp³-hybridized carbons (Fsp3) is 0.0526. The van der Waals surface area contributed by atoms with E-state index in [0.717, 1.165) is 0 Å². The lowest BCUT2D eigenvalue weighted by molar-refractivity contribution is 0.548. The molecule has 0 radical (unpaired) electrons. The van der Waals surface area contributed by atoms with Crippen LogP contribution < -0.4 is 0 Å². The first-order valence-corrected chi connectivity index (χ1v) is 8.07. The maximum Gasteiger partial charge on any atom is 0.160 e. The molecule has 0 unspecified atom stereocenters. The van der Waals surface area contributed by atoms with Crippen LogP contribution in [0.1, 0.15) is 11.3 Å². The van der Waals surface area contributed by atoms with E-state index >= 15 is 0 Å². The lowest BCUT2D eigenvalue weighted by Crippen LogP contribution is -2.01. The molecular formula is C19H9Cl2F3N2. The second-order valence-electron chi connectivity index (χ2n) is 5.37. The van der Waals surface area contributed by atoms with E-state index in [0.29, 0.717) is 34.5 Å². The molecule has 7 heteroatoms. The van der Waals surface area contributed by atoms with E-state index in [-0.39, 0.29) is 10.7 Å². The van der Waals surface area contributed by atoms with Gasteiger partial charge >= 0.3 is 0 Å². The van der Waals surface area contributed by atoms with E-state index in [4.69, 9.17) is 23.2 Å². The standard InChI is InChI=1S/C19H9Cl2F3N2/c1-10-16(12-4-2-11(3-5-12)6-7-20)18(19(21)26-25-10)17-14(23)8-13(22)9-15(17)24/h2-5,8-9H,1H3. The molecule has 0 atom stereocenters. The normalized spacial score (nSPS) is 10.4. The van der Waals surface area contributed by atoms with Crippen LogP contribution in [0.4, 0.5) is 13.2 Å². The van der Waals surface area contributed by atoms with Gasteiger partial charge in [-0.05, 0) is 42.1 Å². The van der Waals surface area contributed by atoms with E-state index in [2.05, 4.69) is 21.5 Å². The highest BCUT2D eigenvalue weighted by molar-refractivity contribution is 6.32. The summed E-state index contributed by atoms with van der Waals surface area (Å²) in [6.45, 7) is 1.63. The predicted octanol–water partition coefficient (Wildman–Crippen LogP) is 5.74. The molecule has 0 N–H and O–H groups in total. The summed E-state index contributed by atoms with van der Waals surface area (Å²) in [5.74, 6) is -0.503. The Kier molecular flexibility index (Phi) is 5.17. The first kappa shape index (κ1) is 18.2. The van der Waals surface area contributed by atoms with Gasteiger partial charge in [0.1, 0.15) is 17.5 Å². The van der Waals surface area contributed by atoms with Gasteiger partial charge in [-0.3, -0.25) is 0 Å². The van der Waals surface area contributed by atoms with Crippen molar-refractivity contribution in [3.05, 3.63) is 70.3 Å². The smallest absolute Gasteiger partial charge is 0.160 e. The Morgan fingerprint density at radius 1 is 0.885 bits per heavy atom. The summed E-state index contributed by atoms with van der Waals surface area (Å²) in [5, 5.41) is 9.74. The lowest BCUT2D eigenvalue weighted by atomic mass is 9.94. The second kappa shape index (κ2) is 7.36. The number of aromatic nitrogens is 2. The maximum atomic E-state index is 14.3. The highest BCUT2D eigenvalue weighted by Crippen LogP contribution is 2.40. The van der Waals surface area contributed by atoms with E-state index in [9.17, 15) is 13.2 Å². The monoisotopic (exact) mass is 392 g/mol. The summed E-state index contributed by atoms with van der Waals surface area (Å²) in [6.07, 6.45) is 0. The molecule has 0 aliphatic carbocycles. The number of rotatable bonds is 2. The van der Waals surface area contributed by atoms with Crippen LogP contribution in [0.3, 0.4) is 0 Å². The van der Waals surface area contributed by atoms with Crippen molar-refractivity contribution in [2.45, 2.75) is 6.92 Å². The van der Waals surface area contributed by atoms with Crippen LogP contribution in [-0.4, -0.2) is 10.2 Å². The van der Waals surface area contributed by atoms with Crippen molar-refractivity contribution in [2.24, 2.45) is 0 Å². The molecule has 1 heterocycles. The van der Waals surface area contributed by atoms with E-state index < -0.39 is 23.0 Å². The fourth-order valence-electron chi connectivity index (χ4n) is 2.64. The number of halogens is 5. The molecule has 3 rings (SSSR count). The van der Waals surface area contributed by atoms with Crippen molar-refractivity contribution in [1.82, 2.24) is 10.2 Å². The number of hydrogen-bond acceptors (Lipinski definition) is 2. The summed E-state index contributed by atoms with van der Waals surface area (Å²) in [5.41, 5.74) is 1.59. The average Bonchev–Trinajstić information content (AvgIpc) is 2.58. The summed E-state index contributed by atoms with van der Waals surface area (Å²) in [4.78, 5) is 0. The third-order valence-corrected chi connectivity index (χ3v) is 4.09. The molecular weight excluding hydrogens is 384 g/mol. The van der Waals surface area contributed by atoms with Crippen molar-refractivity contribution >= 4 is 23.2 Å². The molecule has 2 nitrogen and oxygen atoms in total. The Morgan fingerprint density at radius 3 is 2.08 bits per heavy atom. The molecule has 26 heavy (non-hydrogen) atoms. The maximum absolute atomic E-state index is 14.3. The van der Waals surface area contributed by atoms with Gasteiger partial charge in [0.2, 0.25) is 0 Å². The van der Waals surface area contributed by atoms with E-state index in [1.165, 1.54) is 0 Å². The summed E-state index contributed by atoms with van der Waals surface area (Å²) < 4.78 is 42.0. The average molecular weight is 393 g/mol. The number of aryl methyl sites for hydroxylation is 1. The molecule has 2 aromatic carbocycles. The van der Waals surface area contributed by atoms with Gasteiger partial charge in [-0.1, -0.05) is 23.7 Å². The third kappa shape index (κ3) is 3.39. The van der Waals surface area contributed by atoms with Gasteiger partial charge in [0.25, 0.3) is 0 Å². The first-order valence-electron chi connectivity index (χ1n) is 7.32. The van der Waals surface area contributed by atoms with Gasteiger partial charge < -0.3 is 0 Å². The molecule has 0 aliphatic heterocycles. The number of benzene rings is 2. The SMILES string of the molecule is Cc1nnc(Cl)c(-c2c(F)cc(F)cc2F)c1-c1ccc(C#CCl)cc1. The molecule has 1 aromatic heterocycles. The minimum absolute atomic E-state index is 0.00495. The zero-order valence-electron chi connectivity index (χ0n) is 13.2. The Morgan fingerprint density at radius 2 is 1.50 bits per heavy atom. The predicted molar refractivity (Wildman–Crippen MR) is 95.3 cm³/mol. The summed E-state index contributed by atoms with van der Waals surface area (Å²) >= 11 is 11.5. The van der Waals surface area contributed by atoms with Crippen molar-refractivity contribution in [3.8, 4) is 33.6 Å². The van der Waals surface area contributed by atoms with Crippen molar-refractivity contribution in [1.29, 1.82) is 0 Å². The van der Waals surface area contributed by atoms with Gasteiger partial charge in [-0.2, -0.15) is 5.10 Å². The van der Waals surface area contributed by atoms with E-state index in [1.54, 1.807) is 31.2 Å². The van der Waals surface area contributed by atoms with Gasteiger partial charge in [-0.25, -0.2) is 13.2 Å². The van der Waals surface area contributed by atoms with Crippen LogP contribution in [0.25, 0.3) is 22.3 Å². The Hall–Kier alpha value is -2.55. The van der Waals surface area contributed by atoms with Crippen molar-refractivity contribution < 1.29 is 13.2 Å². The topological polar surface area (TPSA) is 25.8 Å². The Bertz CT molecular complexity index is 1030. The summed E-state index contributed by atoms with van der Waals surface area (Å²) in [6, 6.07) is 7.96. The molecule has 0 saturated heterocycles. The van der Waals surface area contributed by atoms with Gasteiger partial charge in [0, 0.05) is 34.2 Å². The molecule has 0 aliphatic rings. The Balaban J connectivity index is 2.31. The van der Waals surface area contributed by atoms with Crippen LogP contribution in [0.2, 0.25) is 5.15 Å². The molecule has 130 valence electrons. The third-order valence-electron chi connectivity index (χ3n) is 3.73. The zero-order valence-corrected chi connectivity index (χ0v) is 14.8. The van der Waals surface area contributed by atoms with Crippen molar-refractivity contribution in [3.63, 3.8) is 0 Å². The van der Waals surface area contributed by atoms with Gasteiger partial charge in [0.05, 0.1) is 11.3 Å². The van der Waals surface area contributed by atoms with Gasteiger partial charge in [-0.15, -0.1) is 5.10 Å². The van der Waals surface area contributed by atoms with Crippen LogP contribution in [0, 0.1) is 35.7 Å². The highest BCUT2D eigenvalue weighted by Gasteiger charge is 2.23. The molecule has 0 saturated carbocycles. The van der Waals surface area contributed by atoms with E-state index in [1.807, 2.05) is 0 Å². The van der Waals surface area contributed by atoms with Crippen LogP contribution in [0.15, 0.2) is 36.4 Å². The largest absolute Gasteiger partial charge is 0.207 e. The van der Waals surface area contributed by atoms with Crippen LogP contribution in [0.5, 0.6) is 0 Å². The highest BCUT2D eigenvalue weighted by atomic mass is 35.5. The van der Waals surface area contributed by atoms with Crippen molar-refractivity contribution in [2.75, 3.05) is 0 Å². The van der Waals surface area contributed by atoms with Gasteiger partial charge in [0.15, 0.2) is 5.15 Å². The zero-order chi connectivity index (χ0) is 18.8. The quantitative estimate of drug-likeness (QED) is 0.519. The van der Waals surface area contributed by atoms with Crippen LogP contribution >= 0.6 is 23.2 Å². The minimum Gasteiger partial charge on any atom is -0.207 e. The summed E-state index contributed by atoms with van der Waals surface area (Å²) in [7, 11) is 0.